The van der Waals surface area contributed by atoms with E-state index in [0.29, 0.717) is 17.0 Å². The monoisotopic (exact) mass is 569 g/mol. The van der Waals surface area contributed by atoms with Crippen LogP contribution in [-0.4, -0.2) is 56.8 Å². The van der Waals surface area contributed by atoms with Crippen LogP contribution in [0.1, 0.15) is 43.8 Å². The highest BCUT2D eigenvalue weighted by Crippen LogP contribution is 2.32. The van der Waals surface area contributed by atoms with Crippen molar-refractivity contribution < 1.29 is 35.7 Å². The topological polar surface area (TPSA) is 115 Å². The molecule has 2 aromatic rings. The second kappa shape index (κ2) is 10.7. The van der Waals surface area contributed by atoms with Crippen molar-refractivity contribution in [3.8, 4) is 0 Å². The molecule has 38 heavy (non-hydrogen) atoms. The van der Waals surface area contributed by atoms with E-state index in [1.807, 2.05) is 19.6 Å². The molecule has 2 heterocycles. The third kappa shape index (κ3) is 7.35. The van der Waals surface area contributed by atoms with Gasteiger partial charge in [0.2, 0.25) is 0 Å². The van der Waals surface area contributed by atoms with Gasteiger partial charge in [-0.25, -0.2) is 13.6 Å². The maximum Gasteiger partial charge on any atom is 0.411 e. The number of hydrogen-bond donors (Lipinski definition) is 1. The zero-order valence-corrected chi connectivity index (χ0v) is 24.3. The Morgan fingerprint density at radius 3 is 2.29 bits per heavy atom. The average Bonchev–Trinajstić information content (AvgIpc) is 2.73. The molecule has 0 saturated carbocycles. The van der Waals surface area contributed by atoms with Crippen molar-refractivity contribution in [2.24, 2.45) is 0 Å². The summed E-state index contributed by atoms with van der Waals surface area (Å²) in [5.74, 6) is -2.20. The molecule has 0 spiro atoms. The number of rotatable bonds is 6. The van der Waals surface area contributed by atoms with Crippen molar-refractivity contribution in [3.63, 3.8) is 0 Å². The van der Waals surface area contributed by atoms with E-state index in [1.165, 1.54) is 11.0 Å². The van der Waals surface area contributed by atoms with Gasteiger partial charge in [-0.05, 0) is 39.0 Å². The molecule has 1 unspecified atom stereocenters. The number of anilines is 1. The van der Waals surface area contributed by atoms with Crippen molar-refractivity contribution >= 4 is 41.1 Å². The van der Waals surface area contributed by atoms with E-state index in [2.05, 4.69) is 10.3 Å². The number of aromatic nitrogens is 1. The normalized spacial score (nSPS) is 16.1. The van der Waals surface area contributed by atoms with Crippen LogP contribution in [0.25, 0.3) is 0 Å². The van der Waals surface area contributed by atoms with Crippen LogP contribution in [0.4, 0.5) is 19.3 Å². The highest BCUT2D eigenvalue weighted by molar-refractivity contribution is 7.85. The minimum absolute atomic E-state index is 0.0296. The largest absolute Gasteiger partial charge is 0.444 e. The van der Waals surface area contributed by atoms with E-state index in [4.69, 9.17) is 8.92 Å². The molecule has 13 heteroatoms. The van der Waals surface area contributed by atoms with Crippen molar-refractivity contribution in [1.82, 2.24) is 9.88 Å². The summed E-state index contributed by atoms with van der Waals surface area (Å²) in [6, 6.07) is 3.97. The lowest BCUT2D eigenvalue weighted by atomic mass is 9.95. The number of ether oxygens (including phenoxy) is 1. The van der Waals surface area contributed by atoms with Crippen LogP contribution < -0.4 is 10.5 Å². The Labute approximate surface area is 222 Å². The van der Waals surface area contributed by atoms with E-state index < -0.39 is 53.5 Å². The summed E-state index contributed by atoms with van der Waals surface area (Å²) in [5.41, 5.74) is 0.246. The number of nitrogens with one attached hydrogen (secondary N) is 1. The summed E-state index contributed by atoms with van der Waals surface area (Å²) in [5, 5.41) is 2.57. The maximum absolute atomic E-state index is 14.8. The minimum atomic E-state index is -3.69. The van der Waals surface area contributed by atoms with Gasteiger partial charge in [-0.3, -0.25) is 18.9 Å². The van der Waals surface area contributed by atoms with Crippen molar-refractivity contribution in [3.05, 3.63) is 52.9 Å². The summed E-state index contributed by atoms with van der Waals surface area (Å²) in [6.45, 7) is 10.3. The Balaban J connectivity index is 1.98. The number of nitrogens with zero attached hydrogens (tertiary/aromatic N) is 2. The first-order valence-electron chi connectivity index (χ1n) is 12.0. The second-order valence-corrected chi connectivity index (χ2v) is 17.8. The summed E-state index contributed by atoms with van der Waals surface area (Å²) < 4.78 is 62.7. The summed E-state index contributed by atoms with van der Waals surface area (Å²) in [4.78, 5) is 32.2. The molecule has 0 saturated heterocycles. The molecule has 2 amide bonds. The van der Waals surface area contributed by atoms with Crippen molar-refractivity contribution in [2.45, 2.75) is 65.1 Å². The van der Waals surface area contributed by atoms with Crippen molar-refractivity contribution in [1.29, 1.82) is 0 Å². The lowest BCUT2D eigenvalue weighted by molar-refractivity contribution is -0.122. The lowest BCUT2D eigenvalue weighted by Crippen LogP contribution is -2.47. The highest BCUT2D eigenvalue weighted by Gasteiger charge is 2.39. The fraction of sp³-hybridized carbons (Fsp3) is 0.480. The van der Waals surface area contributed by atoms with E-state index in [9.17, 15) is 26.8 Å². The first kappa shape index (κ1) is 29.6. The molecular formula is C25H33F2N3O6SSi. The van der Waals surface area contributed by atoms with Gasteiger partial charge in [-0.15, -0.1) is 0 Å². The minimum Gasteiger partial charge on any atom is -0.444 e. The van der Waals surface area contributed by atoms with E-state index in [-0.39, 0.29) is 30.4 Å². The van der Waals surface area contributed by atoms with Gasteiger partial charge in [0, 0.05) is 35.1 Å². The number of pyridine rings is 1. The maximum atomic E-state index is 14.8. The third-order valence-corrected chi connectivity index (χ3v) is 8.14. The fourth-order valence-electron chi connectivity index (χ4n) is 4.15. The Morgan fingerprint density at radius 2 is 1.76 bits per heavy atom. The van der Waals surface area contributed by atoms with Crippen LogP contribution in [0.5, 0.6) is 0 Å². The number of carbonyl (C=O) groups excluding carboxylic acids is 2. The number of halogens is 2. The van der Waals surface area contributed by atoms with Crippen LogP contribution in [0.2, 0.25) is 19.6 Å². The van der Waals surface area contributed by atoms with Crippen LogP contribution in [0.15, 0.2) is 24.3 Å². The molecule has 3 rings (SSSR count). The number of amides is 2. The van der Waals surface area contributed by atoms with Gasteiger partial charge < -0.3 is 10.1 Å². The summed E-state index contributed by atoms with van der Waals surface area (Å²) >= 11 is 0. The molecule has 0 bridgehead atoms. The predicted molar refractivity (Wildman–Crippen MR) is 141 cm³/mol. The first-order chi connectivity index (χ1) is 17.4. The molecule has 1 aromatic carbocycles. The number of carbonyl (C=O) groups is 2. The Bertz CT molecular complexity index is 1330. The molecular weight excluding hydrogens is 536 g/mol. The lowest BCUT2D eigenvalue weighted by Gasteiger charge is -2.36. The Hall–Kier alpha value is -2.90. The van der Waals surface area contributed by atoms with Gasteiger partial charge in [0.1, 0.15) is 29.9 Å². The highest BCUT2D eigenvalue weighted by atomic mass is 32.2. The fourth-order valence-corrected chi connectivity index (χ4v) is 6.06. The number of hydrogen-bond acceptors (Lipinski definition) is 7. The average molecular weight is 570 g/mol. The smallest absolute Gasteiger partial charge is 0.411 e. The molecule has 1 aliphatic rings. The molecule has 208 valence electrons. The zero-order chi connectivity index (χ0) is 28.6. The van der Waals surface area contributed by atoms with E-state index >= 15 is 0 Å². The molecule has 0 fully saturated rings. The first-order valence-corrected chi connectivity index (χ1v) is 17.3. The number of fused-ring (bicyclic) bond motifs is 1. The Morgan fingerprint density at radius 1 is 1.16 bits per heavy atom. The molecule has 9 nitrogen and oxygen atoms in total. The standard InChI is InChI=1S/C25H33F2N3O6SSi/c1-25(2,3)36-24(32)30-11-10-20-17(9-8-15(28-20)14-35-37(4,33)34)21(30)23(31)29-16-12-18(26)22(19(27)13-16)38(5,6)7/h8-9,12-13,21H,10-11,14H2,1-7H3,(H,29,31). The molecule has 1 N–H and O–H groups in total. The van der Waals surface area contributed by atoms with Gasteiger partial charge in [0.05, 0.1) is 20.0 Å². The molecule has 0 radical (unpaired) electrons. The van der Waals surface area contributed by atoms with Crippen LogP contribution in [-0.2, 0) is 36.9 Å². The van der Waals surface area contributed by atoms with Crippen LogP contribution in [0.3, 0.4) is 0 Å². The van der Waals surface area contributed by atoms with Gasteiger partial charge in [0.15, 0.2) is 0 Å². The molecule has 1 aliphatic heterocycles. The van der Waals surface area contributed by atoms with E-state index in [0.717, 1.165) is 18.4 Å². The molecule has 0 aliphatic carbocycles. The second-order valence-electron chi connectivity index (χ2n) is 11.2. The molecule has 1 atom stereocenters. The van der Waals surface area contributed by atoms with Gasteiger partial charge >= 0.3 is 6.09 Å². The molecule has 1 aromatic heterocycles. The van der Waals surface area contributed by atoms with Gasteiger partial charge in [-0.1, -0.05) is 25.7 Å². The predicted octanol–water partition coefficient (Wildman–Crippen LogP) is 3.85. The number of benzene rings is 1. The third-order valence-electron chi connectivity index (χ3n) is 5.62. The van der Waals surface area contributed by atoms with Gasteiger partial charge in [0.25, 0.3) is 16.0 Å². The van der Waals surface area contributed by atoms with Gasteiger partial charge in [-0.2, -0.15) is 8.42 Å². The summed E-state index contributed by atoms with van der Waals surface area (Å²) in [7, 11) is -6.02. The SMILES string of the molecule is CC(C)(C)OC(=O)N1CCc2nc(COS(C)(=O)=O)ccc2C1C(=O)Nc1cc(F)c([Si](C)(C)C)c(F)c1. The van der Waals surface area contributed by atoms with Crippen LogP contribution >= 0.6 is 0 Å². The van der Waals surface area contributed by atoms with Crippen LogP contribution in [0, 0.1) is 11.6 Å². The van der Waals surface area contributed by atoms with Crippen molar-refractivity contribution in [2.75, 3.05) is 18.1 Å². The van der Waals surface area contributed by atoms with E-state index in [1.54, 1.807) is 26.8 Å². The summed E-state index contributed by atoms with van der Waals surface area (Å²) in [6.07, 6.45) is 0.449. The Kier molecular flexibility index (Phi) is 8.34. The zero-order valence-electron chi connectivity index (χ0n) is 22.5. The quantitative estimate of drug-likeness (QED) is 0.415.